The number of aromatic nitrogens is 2. The van der Waals surface area contributed by atoms with Gasteiger partial charge in [0, 0.05) is 13.7 Å². The number of ether oxygens (including phenoxy) is 1. The third kappa shape index (κ3) is 2.25. The SMILES string of the molecule is CCOC(C)(C)c1nc(NC)c2ccsc2n1. The Labute approximate surface area is 105 Å². The second-order valence-corrected chi connectivity index (χ2v) is 5.12. The summed E-state index contributed by atoms with van der Waals surface area (Å²) in [7, 11) is 1.87. The summed E-state index contributed by atoms with van der Waals surface area (Å²) in [4.78, 5) is 10.1. The molecule has 1 N–H and O–H groups in total. The molecule has 92 valence electrons. The summed E-state index contributed by atoms with van der Waals surface area (Å²) in [5.41, 5.74) is -0.460. The van der Waals surface area contributed by atoms with Crippen LogP contribution in [0, 0.1) is 0 Å². The van der Waals surface area contributed by atoms with Gasteiger partial charge in [-0.3, -0.25) is 0 Å². The average Bonchev–Trinajstić information content (AvgIpc) is 2.75. The zero-order valence-corrected chi connectivity index (χ0v) is 11.4. The van der Waals surface area contributed by atoms with Crippen molar-refractivity contribution in [2.24, 2.45) is 0 Å². The molecule has 0 spiro atoms. The summed E-state index contributed by atoms with van der Waals surface area (Å²) in [5, 5.41) is 6.20. The number of thiophene rings is 1. The molecule has 0 saturated carbocycles. The van der Waals surface area contributed by atoms with E-state index in [1.165, 1.54) is 0 Å². The summed E-state index contributed by atoms with van der Waals surface area (Å²) in [5.74, 6) is 1.58. The molecule has 2 rings (SSSR count). The van der Waals surface area contributed by atoms with Gasteiger partial charge in [-0.05, 0) is 32.2 Å². The van der Waals surface area contributed by atoms with Crippen molar-refractivity contribution in [3.63, 3.8) is 0 Å². The van der Waals surface area contributed by atoms with Crippen molar-refractivity contribution in [1.82, 2.24) is 9.97 Å². The fourth-order valence-corrected chi connectivity index (χ4v) is 2.50. The fourth-order valence-electron chi connectivity index (χ4n) is 1.74. The van der Waals surface area contributed by atoms with Gasteiger partial charge in [-0.25, -0.2) is 9.97 Å². The van der Waals surface area contributed by atoms with E-state index < -0.39 is 5.60 Å². The largest absolute Gasteiger partial charge is 0.372 e. The molecule has 0 fully saturated rings. The Hall–Kier alpha value is -1.20. The highest BCUT2D eigenvalue weighted by Gasteiger charge is 2.25. The van der Waals surface area contributed by atoms with Gasteiger partial charge in [-0.1, -0.05) is 0 Å². The van der Waals surface area contributed by atoms with Crippen LogP contribution < -0.4 is 5.32 Å². The molecule has 0 aromatic carbocycles. The quantitative estimate of drug-likeness (QED) is 0.907. The van der Waals surface area contributed by atoms with E-state index in [2.05, 4.69) is 15.3 Å². The van der Waals surface area contributed by atoms with Gasteiger partial charge < -0.3 is 10.1 Å². The number of hydrogen-bond donors (Lipinski definition) is 1. The van der Waals surface area contributed by atoms with Gasteiger partial charge in [0.15, 0.2) is 5.82 Å². The Morgan fingerprint density at radius 3 is 2.82 bits per heavy atom. The number of nitrogens with one attached hydrogen (secondary N) is 1. The summed E-state index contributed by atoms with van der Waals surface area (Å²) >= 11 is 1.62. The van der Waals surface area contributed by atoms with Crippen LogP contribution in [0.5, 0.6) is 0 Å². The molecular formula is C12H17N3OS. The van der Waals surface area contributed by atoms with Crippen molar-refractivity contribution >= 4 is 27.4 Å². The smallest absolute Gasteiger partial charge is 0.163 e. The summed E-state index contributed by atoms with van der Waals surface area (Å²) in [6.07, 6.45) is 0. The molecule has 0 saturated heterocycles. The van der Waals surface area contributed by atoms with E-state index in [1.807, 2.05) is 39.3 Å². The van der Waals surface area contributed by atoms with Crippen LogP contribution in [0.2, 0.25) is 0 Å². The Balaban J connectivity index is 2.55. The molecule has 2 heterocycles. The minimum Gasteiger partial charge on any atom is -0.372 e. The third-order valence-corrected chi connectivity index (χ3v) is 3.41. The first kappa shape index (κ1) is 12.3. The normalized spacial score (nSPS) is 12.0. The molecule has 2 aromatic heterocycles. The molecular weight excluding hydrogens is 234 g/mol. The lowest BCUT2D eigenvalue weighted by Crippen LogP contribution is -2.25. The molecule has 0 aliphatic carbocycles. The number of fused-ring (bicyclic) bond motifs is 1. The van der Waals surface area contributed by atoms with Crippen molar-refractivity contribution < 1.29 is 4.74 Å². The van der Waals surface area contributed by atoms with Gasteiger partial charge in [-0.15, -0.1) is 11.3 Å². The minimum atomic E-state index is -0.460. The molecule has 0 amide bonds. The van der Waals surface area contributed by atoms with E-state index in [0.29, 0.717) is 6.61 Å². The maximum atomic E-state index is 5.69. The van der Waals surface area contributed by atoms with E-state index in [4.69, 9.17) is 4.74 Å². The van der Waals surface area contributed by atoms with Gasteiger partial charge in [0.25, 0.3) is 0 Å². The lowest BCUT2D eigenvalue weighted by atomic mass is 10.1. The van der Waals surface area contributed by atoms with Gasteiger partial charge in [0.1, 0.15) is 16.2 Å². The molecule has 0 atom stereocenters. The lowest BCUT2D eigenvalue weighted by molar-refractivity contribution is -0.0204. The first-order valence-corrected chi connectivity index (χ1v) is 6.54. The first-order valence-electron chi connectivity index (χ1n) is 5.66. The lowest BCUT2D eigenvalue weighted by Gasteiger charge is -2.23. The van der Waals surface area contributed by atoms with Gasteiger partial charge >= 0.3 is 0 Å². The molecule has 17 heavy (non-hydrogen) atoms. The van der Waals surface area contributed by atoms with Crippen LogP contribution >= 0.6 is 11.3 Å². The van der Waals surface area contributed by atoms with Crippen molar-refractivity contribution in [3.8, 4) is 0 Å². The average molecular weight is 251 g/mol. The Bertz CT molecular complexity index is 521. The first-order chi connectivity index (χ1) is 8.08. The maximum Gasteiger partial charge on any atom is 0.163 e. The van der Waals surface area contributed by atoms with Crippen LogP contribution in [0.1, 0.15) is 26.6 Å². The van der Waals surface area contributed by atoms with E-state index >= 15 is 0 Å². The predicted octanol–water partition coefficient (Wildman–Crippen LogP) is 3.00. The number of hydrogen-bond acceptors (Lipinski definition) is 5. The maximum absolute atomic E-state index is 5.69. The molecule has 0 unspecified atom stereocenters. The molecule has 0 aliphatic heterocycles. The van der Waals surface area contributed by atoms with E-state index in [9.17, 15) is 0 Å². The molecule has 4 nitrogen and oxygen atoms in total. The number of anilines is 1. The van der Waals surface area contributed by atoms with Crippen molar-refractivity contribution in [2.75, 3.05) is 19.0 Å². The number of nitrogens with zero attached hydrogens (tertiary/aromatic N) is 2. The number of rotatable bonds is 4. The Morgan fingerprint density at radius 2 is 2.18 bits per heavy atom. The Kier molecular flexibility index (Phi) is 3.31. The summed E-state index contributed by atoms with van der Waals surface area (Å²) < 4.78 is 5.69. The summed E-state index contributed by atoms with van der Waals surface area (Å²) in [6, 6.07) is 2.03. The molecule has 2 aromatic rings. The fraction of sp³-hybridized carbons (Fsp3) is 0.500. The molecule has 0 aliphatic rings. The highest BCUT2D eigenvalue weighted by molar-refractivity contribution is 7.16. The van der Waals surface area contributed by atoms with Crippen LogP contribution in [0.25, 0.3) is 10.2 Å². The topological polar surface area (TPSA) is 47.0 Å². The van der Waals surface area contributed by atoms with Crippen LogP contribution in [-0.2, 0) is 10.3 Å². The van der Waals surface area contributed by atoms with Crippen LogP contribution in [-0.4, -0.2) is 23.6 Å². The molecule has 0 bridgehead atoms. The van der Waals surface area contributed by atoms with Crippen molar-refractivity contribution in [1.29, 1.82) is 0 Å². The van der Waals surface area contributed by atoms with Gasteiger partial charge in [0.2, 0.25) is 0 Å². The van der Waals surface area contributed by atoms with Crippen LogP contribution in [0.15, 0.2) is 11.4 Å². The molecule has 0 radical (unpaired) electrons. The monoisotopic (exact) mass is 251 g/mol. The van der Waals surface area contributed by atoms with Gasteiger partial charge in [0.05, 0.1) is 5.39 Å². The summed E-state index contributed by atoms with van der Waals surface area (Å²) in [6.45, 7) is 6.60. The predicted molar refractivity (Wildman–Crippen MR) is 71.6 cm³/mol. The second-order valence-electron chi connectivity index (χ2n) is 4.23. The minimum absolute atomic E-state index is 0.460. The van der Waals surface area contributed by atoms with Crippen molar-refractivity contribution in [2.45, 2.75) is 26.4 Å². The highest BCUT2D eigenvalue weighted by atomic mass is 32.1. The van der Waals surface area contributed by atoms with Gasteiger partial charge in [-0.2, -0.15) is 0 Å². The Morgan fingerprint density at radius 1 is 1.41 bits per heavy atom. The van der Waals surface area contributed by atoms with Crippen molar-refractivity contribution in [3.05, 3.63) is 17.3 Å². The van der Waals surface area contributed by atoms with E-state index in [1.54, 1.807) is 11.3 Å². The van der Waals surface area contributed by atoms with E-state index in [-0.39, 0.29) is 0 Å². The van der Waals surface area contributed by atoms with Crippen LogP contribution in [0.4, 0.5) is 5.82 Å². The van der Waals surface area contributed by atoms with E-state index in [0.717, 1.165) is 21.9 Å². The highest BCUT2D eigenvalue weighted by Crippen LogP contribution is 2.29. The zero-order valence-electron chi connectivity index (χ0n) is 10.6. The molecule has 5 heteroatoms. The zero-order chi connectivity index (χ0) is 12.5. The second kappa shape index (κ2) is 4.58. The van der Waals surface area contributed by atoms with Crippen LogP contribution in [0.3, 0.4) is 0 Å². The third-order valence-electron chi connectivity index (χ3n) is 2.61. The standard InChI is InChI=1S/C12H17N3OS/c1-5-16-12(2,3)11-14-9(13-4)8-6-7-17-10(8)15-11/h6-7H,5H2,1-4H3,(H,13,14,15).